The highest BCUT2D eigenvalue weighted by molar-refractivity contribution is 6.29. The van der Waals surface area contributed by atoms with E-state index in [1.807, 2.05) is 4.90 Å². The number of carbonyl (C=O) groups is 1. The fourth-order valence-corrected chi connectivity index (χ4v) is 4.52. The van der Waals surface area contributed by atoms with Crippen molar-refractivity contribution >= 4 is 23.4 Å². The Kier molecular flexibility index (Phi) is 11.1. The summed E-state index contributed by atoms with van der Waals surface area (Å²) in [6, 6.07) is 4.93. The molecule has 2 N–H and O–H groups in total. The number of nitrogens with zero attached hydrogens (tertiary/aromatic N) is 4. The van der Waals surface area contributed by atoms with E-state index in [0.717, 1.165) is 37.8 Å². The normalized spacial score (nSPS) is 15.0. The summed E-state index contributed by atoms with van der Waals surface area (Å²) in [6.07, 6.45) is 7.73. The molecule has 2 atom stereocenters. The fourth-order valence-electron chi connectivity index (χ4n) is 4.38. The Morgan fingerprint density at radius 3 is 2.86 bits per heavy atom. The van der Waals surface area contributed by atoms with E-state index < -0.39 is 18.2 Å². The Hall–Kier alpha value is -2.36. The molecule has 0 saturated carbocycles. The molecule has 2 aromatic heterocycles. The molecule has 0 fully saturated rings. The van der Waals surface area contributed by atoms with Crippen LogP contribution in [0.1, 0.15) is 49.1 Å². The summed E-state index contributed by atoms with van der Waals surface area (Å²) >= 11 is 5.87. The highest BCUT2D eigenvalue weighted by Crippen LogP contribution is 2.20. The summed E-state index contributed by atoms with van der Waals surface area (Å²) in [5, 5.41) is 12.8. The van der Waals surface area contributed by atoms with Gasteiger partial charge < -0.3 is 20.1 Å². The van der Waals surface area contributed by atoms with Crippen molar-refractivity contribution in [3.63, 3.8) is 0 Å². The van der Waals surface area contributed by atoms with Gasteiger partial charge in [0.2, 0.25) is 0 Å². The van der Waals surface area contributed by atoms with E-state index in [4.69, 9.17) is 21.3 Å². The zero-order valence-corrected chi connectivity index (χ0v) is 21.0. The number of rotatable bonds is 15. The fraction of sp³-hybridized carbons (Fsp3) is 0.600. The number of aliphatic carboxylic acids is 1. The van der Waals surface area contributed by atoms with Gasteiger partial charge in [-0.1, -0.05) is 17.7 Å². The van der Waals surface area contributed by atoms with E-state index in [0.29, 0.717) is 18.9 Å². The predicted molar refractivity (Wildman–Crippen MR) is 134 cm³/mol. The summed E-state index contributed by atoms with van der Waals surface area (Å²) in [5.74, 6) is -0.670. The molecule has 3 rings (SSSR count). The number of aromatic nitrogens is 3. The minimum Gasteiger partial charge on any atom is -0.480 e. The van der Waals surface area contributed by atoms with Crippen molar-refractivity contribution in [2.45, 2.75) is 63.6 Å². The van der Waals surface area contributed by atoms with Crippen LogP contribution < -0.4 is 5.32 Å². The Bertz CT molecular complexity index is 951. The second-order valence-electron chi connectivity index (χ2n) is 8.98. The van der Waals surface area contributed by atoms with E-state index in [1.54, 1.807) is 0 Å². The summed E-state index contributed by atoms with van der Waals surface area (Å²) in [6.45, 7) is 1.29. The minimum atomic E-state index is -1.14. The summed E-state index contributed by atoms with van der Waals surface area (Å²) < 4.78 is 19.3. The van der Waals surface area contributed by atoms with Crippen LogP contribution in [-0.2, 0) is 28.8 Å². The number of aryl methyl sites for hydroxylation is 3. The zero-order valence-electron chi connectivity index (χ0n) is 20.3. The maximum Gasteiger partial charge on any atom is 0.326 e. The lowest BCUT2D eigenvalue weighted by atomic mass is 9.95. The van der Waals surface area contributed by atoms with Crippen LogP contribution in [0.3, 0.4) is 0 Å². The zero-order chi connectivity index (χ0) is 25.0. The molecule has 8 nitrogen and oxygen atoms in total. The molecule has 10 heteroatoms. The number of unbranched alkanes of at least 4 members (excludes halogenated alkanes) is 1. The van der Waals surface area contributed by atoms with Crippen LogP contribution in [0.25, 0.3) is 0 Å². The first kappa shape index (κ1) is 27.2. The van der Waals surface area contributed by atoms with Crippen molar-refractivity contribution in [2.24, 2.45) is 0 Å². The van der Waals surface area contributed by atoms with Crippen LogP contribution in [0.15, 0.2) is 24.5 Å². The van der Waals surface area contributed by atoms with Crippen molar-refractivity contribution < 1.29 is 19.0 Å². The molecule has 0 bridgehead atoms. The molecule has 1 aliphatic rings. The van der Waals surface area contributed by atoms with Gasteiger partial charge in [-0.05, 0) is 69.5 Å². The summed E-state index contributed by atoms with van der Waals surface area (Å²) in [7, 11) is 1.47. The molecule has 0 aliphatic heterocycles. The van der Waals surface area contributed by atoms with Crippen LogP contribution in [0.4, 0.5) is 10.2 Å². The van der Waals surface area contributed by atoms with E-state index in [9.17, 15) is 14.3 Å². The monoisotopic (exact) mass is 507 g/mol. The van der Waals surface area contributed by atoms with Gasteiger partial charge in [-0.25, -0.2) is 19.2 Å². The first-order valence-corrected chi connectivity index (χ1v) is 12.6. The van der Waals surface area contributed by atoms with Gasteiger partial charge in [0.1, 0.15) is 29.5 Å². The number of halogens is 2. The number of alkyl halides is 1. The summed E-state index contributed by atoms with van der Waals surface area (Å²) in [5.41, 5.74) is 3.73. The quantitative estimate of drug-likeness (QED) is 0.276. The minimum absolute atomic E-state index is 0.00951. The largest absolute Gasteiger partial charge is 0.480 e. The Balaban J connectivity index is 1.51. The lowest BCUT2D eigenvalue weighted by Crippen LogP contribution is -2.38. The standard InChI is InChI=1S/C25H35ClFN5O3/c1-35-16-19(27)15-32(13-11-22(25(33)34)31-24-14-23(26)28-17-29-24)12-5-4-7-20-10-9-18-6-2-3-8-21(18)30-20/h9-10,14,17,19,22H,2-8,11-13,15-16H2,1H3,(H,33,34)(H,28,29,31)/t19-,22-/m0/s1. The van der Waals surface area contributed by atoms with Crippen molar-refractivity contribution in [1.82, 2.24) is 19.9 Å². The van der Waals surface area contributed by atoms with Gasteiger partial charge in [-0.15, -0.1) is 0 Å². The van der Waals surface area contributed by atoms with E-state index in [-0.39, 0.29) is 24.7 Å². The number of fused-ring (bicyclic) bond motifs is 1. The number of hydrogen-bond donors (Lipinski definition) is 2. The smallest absolute Gasteiger partial charge is 0.326 e. The first-order chi connectivity index (χ1) is 16.9. The topological polar surface area (TPSA) is 100 Å². The van der Waals surface area contributed by atoms with Crippen LogP contribution in [0.5, 0.6) is 0 Å². The number of hydrogen-bond acceptors (Lipinski definition) is 7. The molecule has 2 aromatic rings. The maximum atomic E-state index is 14.3. The van der Waals surface area contributed by atoms with Crippen LogP contribution >= 0.6 is 11.6 Å². The molecule has 1 aliphatic carbocycles. The molecule has 0 aromatic carbocycles. The van der Waals surface area contributed by atoms with E-state index >= 15 is 0 Å². The molecule has 0 amide bonds. The first-order valence-electron chi connectivity index (χ1n) is 12.2. The Labute approximate surface area is 211 Å². The maximum absolute atomic E-state index is 14.3. The van der Waals surface area contributed by atoms with Crippen LogP contribution in [-0.4, -0.2) is 76.5 Å². The average Bonchev–Trinajstić information content (AvgIpc) is 2.84. The molecule has 0 unspecified atom stereocenters. The lowest BCUT2D eigenvalue weighted by Gasteiger charge is -2.26. The molecule has 0 spiro atoms. The van der Waals surface area contributed by atoms with Crippen LogP contribution in [0.2, 0.25) is 5.15 Å². The van der Waals surface area contributed by atoms with E-state index in [1.165, 1.54) is 43.6 Å². The number of nitrogens with one attached hydrogen (secondary N) is 1. The molecular formula is C25H35ClFN5O3. The number of anilines is 1. The summed E-state index contributed by atoms with van der Waals surface area (Å²) in [4.78, 5) is 26.4. The lowest BCUT2D eigenvalue weighted by molar-refractivity contribution is -0.138. The number of carboxylic acid groups (broad SMARTS) is 1. The van der Waals surface area contributed by atoms with Gasteiger partial charge in [-0.2, -0.15) is 0 Å². The van der Waals surface area contributed by atoms with Gasteiger partial charge in [0.15, 0.2) is 0 Å². The molecule has 2 heterocycles. The third-order valence-corrected chi connectivity index (χ3v) is 6.39. The molecule has 0 saturated heterocycles. The molecule has 35 heavy (non-hydrogen) atoms. The van der Waals surface area contributed by atoms with Crippen LogP contribution in [0, 0.1) is 0 Å². The number of pyridine rings is 1. The predicted octanol–water partition coefficient (Wildman–Crippen LogP) is 3.97. The molecule has 0 radical (unpaired) electrons. The third kappa shape index (κ3) is 9.31. The van der Waals surface area contributed by atoms with Gasteiger partial charge in [-0.3, -0.25) is 4.98 Å². The molecule has 192 valence electrons. The second-order valence-corrected chi connectivity index (χ2v) is 9.36. The van der Waals surface area contributed by atoms with E-state index in [2.05, 4.69) is 27.4 Å². The highest BCUT2D eigenvalue weighted by Gasteiger charge is 2.21. The van der Waals surface area contributed by atoms with Gasteiger partial charge in [0, 0.05) is 37.7 Å². The number of carboxylic acids is 1. The second kappa shape index (κ2) is 14.3. The highest BCUT2D eigenvalue weighted by atomic mass is 35.5. The Morgan fingerprint density at radius 2 is 2.09 bits per heavy atom. The third-order valence-electron chi connectivity index (χ3n) is 6.18. The van der Waals surface area contributed by atoms with Crippen molar-refractivity contribution in [3.05, 3.63) is 46.6 Å². The molecular weight excluding hydrogens is 473 g/mol. The average molecular weight is 508 g/mol. The van der Waals surface area contributed by atoms with Crippen molar-refractivity contribution in [2.75, 3.05) is 38.7 Å². The van der Waals surface area contributed by atoms with Crippen molar-refractivity contribution in [1.29, 1.82) is 0 Å². The van der Waals surface area contributed by atoms with Gasteiger partial charge in [0.25, 0.3) is 0 Å². The van der Waals surface area contributed by atoms with Gasteiger partial charge >= 0.3 is 5.97 Å². The Morgan fingerprint density at radius 1 is 1.26 bits per heavy atom. The van der Waals surface area contributed by atoms with Gasteiger partial charge in [0.05, 0.1) is 6.61 Å². The number of methoxy groups -OCH3 is 1. The SMILES string of the molecule is COC[C@@H](F)CN(CCCCc1ccc2c(n1)CCCC2)CC[C@H](Nc1cc(Cl)ncn1)C(=O)O. The number of ether oxygens (including phenoxy) is 1. The van der Waals surface area contributed by atoms with Crippen molar-refractivity contribution in [3.8, 4) is 0 Å².